The molecule has 0 bridgehead atoms. The van der Waals surface area contributed by atoms with E-state index in [-0.39, 0.29) is 5.41 Å². The van der Waals surface area contributed by atoms with Gasteiger partial charge in [0, 0.05) is 55.5 Å². The van der Waals surface area contributed by atoms with Crippen molar-refractivity contribution in [3.63, 3.8) is 0 Å². The minimum atomic E-state index is -0.400. The standard InChI is InChI=1S/C52H34N2.C46H31N3.C42H31N3/c1-2-14-35(15-3-1)37-19-10-24-43(30-37)52-53-50(41-22-11-20-38(31-41)45-29-13-18-36-16-4-6-25-44(36)45)34-51(54-52)42-23-12-21-39(32-42)49-33-40-17-5-7-26-46(40)47-27-8-9-28-48(47)49;1-5-15-33(16-6-1)43-47-44(34-17-7-2-8-18-34)49-45(48-43)35-27-25-32(26-28-35)36-29-30-42-40(31-36)39-23-13-14-24-41(39)46(42,37-19-9-3-10-20-37)38-21-11-4-12-22-38;1-42(2)37-26-33(29-14-8-4-9-15-29)22-24-35(37)36-25-23-34(27-38(36)42)41-44-39(31-16-10-5-11-17-31)43-40(45-41)32-20-18-30(19-21-32)28-12-6-3-7-13-28/h1-34H;1-31H;3-27H,1-2H3. The van der Waals surface area contributed by atoms with Gasteiger partial charge in [-0.15, -0.1) is 0 Å². The maximum absolute atomic E-state index is 5.29. The van der Waals surface area contributed by atoms with Gasteiger partial charge in [-0.2, -0.15) is 0 Å². The highest BCUT2D eigenvalue weighted by Crippen LogP contribution is 2.58. The zero-order valence-corrected chi connectivity index (χ0v) is 81.5. The first-order valence-corrected chi connectivity index (χ1v) is 50.4. The number of fused-ring (bicyclic) bond motifs is 10. The van der Waals surface area contributed by atoms with Crippen molar-refractivity contribution in [1.29, 1.82) is 0 Å². The molecule has 0 radical (unpaired) electrons. The van der Waals surface area contributed by atoms with Gasteiger partial charge in [-0.3, -0.25) is 0 Å². The van der Waals surface area contributed by atoms with Gasteiger partial charge in [0.1, 0.15) is 0 Å². The zero-order valence-electron chi connectivity index (χ0n) is 81.5. The topological polar surface area (TPSA) is 103 Å². The first kappa shape index (κ1) is 90.0. The molecule has 148 heavy (non-hydrogen) atoms. The fourth-order valence-corrected chi connectivity index (χ4v) is 21.7. The number of rotatable bonds is 17. The van der Waals surface area contributed by atoms with Crippen molar-refractivity contribution in [3.05, 3.63) is 579 Å². The molecule has 2 aliphatic rings. The molecule has 0 amide bonds. The monoisotopic (exact) mass is 1890 g/mol. The normalized spacial score (nSPS) is 12.2. The van der Waals surface area contributed by atoms with Crippen molar-refractivity contribution >= 4 is 32.3 Å². The zero-order chi connectivity index (χ0) is 98.9. The minimum Gasteiger partial charge on any atom is -0.228 e. The lowest BCUT2D eigenvalue weighted by molar-refractivity contribution is 0.661. The molecular formula is C140H96N8. The summed E-state index contributed by atoms with van der Waals surface area (Å²) >= 11 is 0. The predicted molar refractivity (Wildman–Crippen MR) is 611 cm³/mol. The summed E-state index contributed by atoms with van der Waals surface area (Å²) in [6.45, 7) is 4.64. The van der Waals surface area contributed by atoms with Gasteiger partial charge in [0.2, 0.25) is 0 Å². The number of hydrogen-bond donors (Lipinski definition) is 0. The highest BCUT2D eigenvalue weighted by atomic mass is 15.0. The molecule has 8 nitrogen and oxygen atoms in total. The molecule has 0 saturated heterocycles. The Bertz CT molecular complexity index is 9150. The molecular weight excluding hydrogens is 1790 g/mol. The van der Waals surface area contributed by atoms with Crippen molar-refractivity contribution < 1.29 is 0 Å². The lowest BCUT2D eigenvalue weighted by Crippen LogP contribution is -2.28. The molecule has 3 heterocycles. The van der Waals surface area contributed by atoms with E-state index < -0.39 is 5.41 Å². The fourth-order valence-electron chi connectivity index (χ4n) is 21.7. The predicted octanol–water partition coefficient (Wildman–Crippen LogP) is 35.4. The van der Waals surface area contributed by atoms with Crippen molar-refractivity contribution in [2.45, 2.75) is 24.7 Å². The van der Waals surface area contributed by atoms with Crippen molar-refractivity contribution in [2.75, 3.05) is 0 Å². The fraction of sp³-hybridized carbons (Fsp3) is 0.0286. The van der Waals surface area contributed by atoms with Crippen LogP contribution in [-0.2, 0) is 10.8 Å². The highest BCUT2D eigenvalue weighted by Gasteiger charge is 2.46. The minimum absolute atomic E-state index is 0.170. The molecule has 0 unspecified atom stereocenters. The van der Waals surface area contributed by atoms with Crippen LogP contribution < -0.4 is 0 Å². The van der Waals surface area contributed by atoms with Crippen LogP contribution in [0.15, 0.2) is 546 Å². The van der Waals surface area contributed by atoms with E-state index in [1.165, 1.54) is 121 Å². The smallest absolute Gasteiger partial charge is 0.164 e. The Hall–Kier alpha value is -19.3. The third-order valence-electron chi connectivity index (χ3n) is 29.0. The molecule has 22 aromatic carbocycles. The second-order valence-corrected chi connectivity index (χ2v) is 38.3. The average Bonchev–Trinajstić information content (AvgIpc) is 1.54. The van der Waals surface area contributed by atoms with Crippen LogP contribution in [0.5, 0.6) is 0 Å². The van der Waals surface area contributed by atoms with Gasteiger partial charge >= 0.3 is 0 Å². The number of nitrogens with zero attached hydrogens (tertiary/aromatic N) is 8. The second kappa shape index (κ2) is 39.2. The SMILES string of the molecule is CC1(C)c2cc(-c3ccccc3)ccc2-c2ccc(-c3nc(-c4ccccc4)nc(-c4ccc(-c5ccccc5)cc4)n3)cc21.c1ccc(-c2cccc(-c3nc(-c4cccc(-c5cccc6ccccc56)c4)cc(-c4cccc(-c5cc6ccccc6c6ccccc56)c4)n3)c2)cc1.c1ccc(-c2nc(-c3ccccc3)nc(-c3ccc(-c4ccc5c(c4)-c4ccccc4C5(c4ccccc4)c4ccccc4)cc3)n2)cc1. The van der Waals surface area contributed by atoms with Gasteiger partial charge < -0.3 is 0 Å². The quantitative estimate of drug-likeness (QED) is 0.0831. The number of hydrogen-bond acceptors (Lipinski definition) is 8. The third kappa shape index (κ3) is 17.4. The molecule has 2 aliphatic carbocycles. The summed E-state index contributed by atoms with van der Waals surface area (Å²) < 4.78 is 0. The van der Waals surface area contributed by atoms with Crippen LogP contribution in [0.25, 0.3) is 224 Å². The Morgan fingerprint density at radius 1 is 0.135 bits per heavy atom. The van der Waals surface area contributed by atoms with Crippen molar-refractivity contribution in [3.8, 4) is 191 Å². The van der Waals surface area contributed by atoms with Crippen LogP contribution in [0.2, 0.25) is 0 Å². The van der Waals surface area contributed by atoms with E-state index in [0.29, 0.717) is 40.8 Å². The molecule has 0 aliphatic heterocycles. The molecule has 696 valence electrons. The van der Waals surface area contributed by atoms with E-state index in [4.69, 9.17) is 39.9 Å². The first-order valence-electron chi connectivity index (χ1n) is 50.4. The molecule has 0 saturated carbocycles. The van der Waals surface area contributed by atoms with Gasteiger partial charge in [-0.05, 0) is 203 Å². The Morgan fingerprint density at radius 2 is 0.419 bits per heavy atom. The van der Waals surface area contributed by atoms with Gasteiger partial charge in [-0.1, -0.05) is 511 Å². The Balaban J connectivity index is 0.000000116. The summed E-state index contributed by atoms with van der Waals surface area (Å²) in [5.41, 5.74) is 37.0. The summed E-state index contributed by atoms with van der Waals surface area (Å²) in [5.74, 6) is 4.66. The van der Waals surface area contributed by atoms with Crippen LogP contribution >= 0.6 is 0 Å². The van der Waals surface area contributed by atoms with E-state index in [2.05, 4.69) is 457 Å². The van der Waals surface area contributed by atoms with Gasteiger partial charge in [0.25, 0.3) is 0 Å². The summed E-state index contributed by atoms with van der Waals surface area (Å²) in [7, 11) is 0. The molecule has 27 rings (SSSR count). The van der Waals surface area contributed by atoms with Crippen LogP contribution in [0, 0.1) is 0 Å². The molecule has 0 N–H and O–H groups in total. The lowest BCUT2D eigenvalue weighted by Gasteiger charge is -2.33. The molecule has 0 spiro atoms. The van der Waals surface area contributed by atoms with E-state index in [1.54, 1.807) is 0 Å². The Labute approximate surface area is 861 Å². The maximum Gasteiger partial charge on any atom is 0.164 e. The molecule has 8 heteroatoms. The molecule has 0 fully saturated rings. The Morgan fingerprint density at radius 3 is 0.939 bits per heavy atom. The Kier molecular flexibility index (Phi) is 23.8. The molecule has 0 atom stereocenters. The largest absolute Gasteiger partial charge is 0.228 e. The van der Waals surface area contributed by atoms with E-state index in [9.17, 15) is 0 Å². The van der Waals surface area contributed by atoms with Crippen LogP contribution in [0.4, 0.5) is 0 Å². The average molecular weight is 1890 g/mol. The summed E-state index contributed by atoms with van der Waals surface area (Å²) in [5, 5.41) is 7.45. The van der Waals surface area contributed by atoms with E-state index in [1.807, 2.05) is 103 Å². The number of aromatic nitrogens is 8. The summed E-state index contributed by atoms with van der Waals surface area (Å²) in [6.07, 6.45) is 0. The lowest BCUT2D eigenvalue weighted by atomic mass is 9.67. The third-order valence-corrected chi connectivity index (χ3v) is 29.0. The summed E-state index contributed by atoms with van der Waals surface area (Å²) in [6, 6.07) is 193. The van der Waals surface area contributed by atoms with Crippen molar-refractivity contribution in [2.24, 2.45) is 0 Å². The van der Waals surface area contributed by atoms with Gasteiger partial charge in [0.05, 0.1) is 16.8 Å². The van der Waals surface area contributed by atoms with E-state index in [0.717, 1.165) is 94.8 Å². The van der Waals surface area contributed by atoms with E-state index >= 15 is 0 Å². The molecule has 25 aromatic rings. The highest BCUT2D eigenvalue weighted by molar-refractivity contribution is 6.14. The first-order chi connectivity index (χ1) is 73.1. The van der Waals surface area contributed by atoms with Crippen molar-refractivity contribution in [1.82, 2.24) is 39.9 Å². The molecule has 3 aromatic heterocycles. The van der Waals surface area contributed by atoms with Gasteiger partial charge in [-0.25, -0.2) is 39.9 Å². The summed E-state index contributed by atoms with van der Waals surface area (Å²) in [4.78, 5) is 40.3. The second-order valence-electron chi connectivity index (χ2n) is 38.3. The van der Waals surface area contributed by atoms with Crippen LogP contribution in [0.3, 0.4) is 0 Å². The maximum atomic E-state index is 5.29. The number of benzene rings is 22. The van der Waals surface area contributed by atoms with Crippen LogP contribution in [0.1, 0.15) is 47.2 Å². The van der Waals surface area contributed by atoms with Gasteiger partial charge in [0.15, 0.2) is 40.8 Å². The van der Waals surface area contributed by atoms with Crippen LogP contribution in [-0.4, -0.2) is 39.9 Å².